The van der Waals surface area contributed by atoms with E-state index < -0.39 is 40.0 Å². The highest BCUT2D eigenvalue weighted by Gasteiger charge is 2.35. The number of benzene rings is 2. The normalized spacial score (nSPS) is 17.4. The quantitative estimate of drug-likeness (QED) is 0.415. The van der Waals surface area contributed by atoms with Crippen molar-refractivity contribution >= 4 is 32.5 Å². The van der Waals surface area contributed by atoms with E-state index >= 15 is 0 Å². The minimum absolute atomic E-state index is 0.0507. The Hall–Kier alpha value is -3.94. The van der Waals surface area contributed by atoms with Crippen LogP contribution < -0.4 is 5.32 Å². The fourth-order valence-electron chi connectivity index (χ4n) is 4.28. The summed E-state index contributed by atoms with van der Waals surface area (Å²) >= 11 is 0. The van der Waals surface area contributed by atoms with Crippen LogP contribution in [0.3, 0.4) is 0 Å². The van der Waals surface area contributed by atoms with E-state index in [2.05, 4.69) is 20.6 Å². The van der Waals surface area contributed by atoms with E-state index in [1.165, 1.54) is 17.0 Å². The summed E-state index contributed by atoms with van der Waals surface area (Å²) in [7, 11) is -1.67. The van der Waals surface area contributed by atoms with E-state index in [1.807, 2.05) is 0 Å². The van der Waals surface area contributed by atoms with E-state index in [4.69, 9.17) is 4.42 Å². The minimum Gasteiger partial charge on any atom is -0.415 e. The molecule has 5 rings (SSSR count). The van der Waals surface area contributed by atoms with Gasteiger partial charge in [-0.3, -0.25) is 4.68 Å². The van der Waals surface area contributed by atoms with E-state index in [-0.39, 0.29) is 41.5 Å². The van der Waals surface area contributed by atoms with Crippen LogP contribution in [-0.2, 0) is 23.3 Å². The fourth-order valence-corrected chi connectivity index (χ4v) is 5.80. The van der Waals surface area contributed by atoms with Gasteiger partial charge in [0.15, 0.2) is 9.84 Å². The van der Waals surface area contributed by atoms with Gasteiger partial charge in [-0.15, -0.1) is 10.2 Å². The molecule has 0 aliphatic carbocycles. The zero-order valence-corrected chi connectivity index (χ0v) is 20.3. The Balaban J connectivity index is 1.36. The van der Waals surface area contributed by atoms with Crippen molar-refractivity contribution in [3.63, 3.8) is 0 Å². The Kier molecular flexibility index (Phi) is 6.35. The molecule has 1 fully saturated rings. The van der Waals surface area contributed by atoms with Crippen molar-refractivity contribution in [1.29, 1.82) is 0 Å². The van der Waals surface area contributed by atoms with Crippen molar-refractivity contribution < 1.29 is 30.8 Å². The Morgan fingerprint density at radius 3 is 2.76 bits per heavy atom. The van der Waals surface area contributed by atoms with Crippen LogP contribution in [-0.4, -0.2) is 63.4 Å². The number of nitrogens with one attached hydrogen (secondary N) is 1. The van der Waals surface area contributed by atoms with Gasteiger partial charge >= 0.3 is 12.5 Å². The number of sulfone groups is 1. The molecule has 14 heteroatoms. The summed E-state index contributed by atoms with van der Waals surface area (Å²) in [6.07, 6.45) is -1.34. The van der Waals surface area contributed by atoms with Crippen molar-refractivity contribution in [2.24, 2.45) is 7.05 Å². The first-order valence-electron chi connectivity index (χ1n) is 11.2. The number of hydrogen-bond donors (Lipinski definition) is 1. The average Bonchev–Trinajstić information content (AvgIpc) is 3.48. The Morgan fingerprint density at radius 2 is 2.03 bits per heavy atom. The number of rotatable bonds is 5. The highest BCUT2D eigenvalue weighted by molar-refractivity contribution is 7.91. The van der Waals surface area contributed by atoms with Gasteiger partial charge in [-0.25, -0.2) is 17.6 Å². The van der Waals surface area contributed by atoms with Crippen LogP contribution in [0.25, 0.3) is 22.4 Å². The monoisotopic (exact) mass is 534 g/mol. The van der Waals surface area contributed by atoms with Crippen molar-refractivity contribution in [2.45, 2.75) is 18.9 Å². The fraction of sp³-hybridized carbons (Fsp3) is 0.304. The number of halogens is 3. The third kappa shape index (κ3) is 5.14. The predicted octanol–water partition coefficient (Wildman–Crippen LogP) is 3.57. The van der Waals surface area contributed by atoms with Gasteiger partial charge in [0.1, 0.15) is 5.82 Å². The number of carbonyl (C=O) groups is 1. The molecule has 4 aromatic rings. The topological polar surface area (TPSA) is 123 Å². The molecule has 0 radical (unpaired) electrons. The molecule has 1 saturated heterocycles. The molecule has 194 valence electrons. The molecule has 2 amide bonds. The molecule has 0 spiro atoms. The first-order valence-corrected chi connectivity index (χ1v) is 13.0. The second kappa shape index (κ2) is 9.50. The number of anilines is 1. The zero-order chi connectivity index (χ0) is 26.3. The number of alkyl halides is 2. The number of hydrogen-bond acceptors (Lipinski definition) is 7. The summed E-state index contributed by atoms with van der Waals surface area (Å²) in [5, 5.41) is 14.6. The van der Waals surface area contributed by atoms with Crippen LogP contribution >= 0.6 is 0 Å². The maximum absolute atomic E-state index is 15.0. The summed E-state index contributed by atoms with van der Waals surface area (Å²) in [6.45, 7) is -0.0507. The highest BCUT2D eigenvalue weighted by Crippen LogP contribution is 2.27. The Morgan fingerprint density at radius 1 is 1.22 bits per heavy atom. The first kappa shape index (κ1) is 24.7. The number of urea groups is 1. The zero-order valence-electron chi connectivity index (χ0n) is 19.4. The second-order valence-corrected chi connectivity index (χ2v) is 10.9. The maximum Gasteiger partial charge on any atom is 0.322 e. The summed E-state index contributed by atoms with van der Waals surface area (Å²) in [5.41, 5.74) is 1.55. The Bertz CT molecular complexity index is 1590. The average molecular weight is 535 g/mol. The Labute approximate surface area is 209 Å². The molecule has 1 aliphatic rings. The number of nitrogens with zero attached hydrogens (tertiary/aromatic N) is 5. The maximum atomic E-state index is 15.0. The first-order chi connectivity index (χ1) is 17.6. The number of aryl methyl sites for hydroxylation is 1. The molecule has 37 heavy (non-hydrogen) atoms. The summed E-state index contributed by atoms with van der Waals surface area (Å²) in [6, 6.07) is 7.77. The third-order valence-electron chi connectivity index (χ3n) is 6.17. The molecule has 1 unspecified atom stereocenters. The van der Waals surface area contributed by atoms with Crippen LogP contribution in [0.1, 0.15) is 17.9 Å². The van der Waals surface area contributed by atoms with Crippen molar-refractivity contribution in [1.82, 2.24) is 24.9 Å². The molecule has 2 aromatic heterocycles. The lowest BCUT2D eigenvalue weighted by atomic mass is 10.0. The van der Waals surface area contributed by atoms with Gasteiger partial charge < -0.3 is 14.6 Å². The van der Waals surface area contributed by atoms with E-state index in [0.717, 1.165) is 17.0 Å². The SMILES string of the molecule is Cn1ncc2ccc(NC(=O)N3CCS(=O)(=O)CC3Cc3ccc(-c4nnc(C(F)F)o4)cc3F)cc21. The molecule has 3 heterocycles. The largest absolute Gasteiger partial charge is 0.415 e. The van der Waals surface area contributed by atoms with Crippen molar-refractivity contribution in [3.8, 4) is 11.5 Å². The van der Waals surface area contributed by atoms with E-state index in [9.17, 15) is 26.4 Å². The van der Waals surface area contributed by atoms with Gasteiger partial charge in [0.05, 0.1) is 29.3 Å². The van der Waals surface area contributed by atoms with Crippen LogP contribution in [0.5, 0.6) is 0 Å². The molecular weight excluding hydrogens is 513 g/mol. The summed E-state index contributed by atoms with van der Waals surface area (Å²) < 4.78 is 71.6. The standard InChI is InChI=1S/C23H21F3N6O4S/c1-31-19-10-16(5-4-15(19)11-27-31)28-23(33)32-6-7-37(34,35)12-17(32)8-13-2-3-14(9-18(13)24)21-29-30-22(36-21)20(25)26/h2-5,9-11,17,20H,6-8,12H2,1H3,(H,28,33). The molecule has 0 bridgehead atoms. The number of aromatic nitrogens is 4. The molecule has 10 nitrogen and oxygen atoms in total. The number of amides is 2. The third-order valence-corrected chi connectivity index (χ3v) is 7.87. The number of fused-ring (bicyclic) bond motifs is 1. The minimum atomic E-state index is -3.45. The van der Waals surface area contributed by atoms with E-state index in [0.29, 0.717) is 5.69 Å². The molecule has 1 aliphatic heterocycles. The van der Waals surface area contributed by atoms with E-state index in [1.54, 1.807) is 36.1 Å². The smallest absolute Gasteiger partial charge is 0.322 e. The van der Waals surface area contributed by atoms with Crippen molar-refractivity contribution in [3.05, 3.63) is 59.9 Å². The van der Waals surface area contributed by atoms with Gasteiger partial charge in [0.25, 0.3) is 5.89 Å². The number of carbonyl (C=O) groups excluding carboxylic acids is 1. The molecule has 0 saturated carbocycles. The molecule has 1 atom stereocenters. The summed E-state index contributed by atoms with van der Waals surface area (Å²) in [4.78, 5) is 14.5. The molecule has 1 N–H and O–H groups in total. The van der Waals surface area contributed by atoms with Crippen LogP contribution in [0, 0.1) is 5.82 Å². The van der Waals surface area contributed by atoms with Crippen molar-refractivity contribution in [2.75, 3.05) is 23.4 Å². The summed E-state index contributed by atoms with van der Waals surface area (Å²) in [5.74, 6) is -2.41. The predicted molar refractivity (Wildman–Crippen MR) is 127 cm³/mol. The molecule has 2 aromatic carbocycles. The van der Waals surface area contributed by atoms with Gasteiger partial charge in [0.2, 0.25) is 5.89 Å². The van der Waals surface area contributed by atoms with Crippen LogP contribution in [0.2, 0.25) is 0 Å². The lowest BCUT2D eigenvalue weighted by Crippen LogP contribution is -2.53. The van der Waals surface area contributed by atoms with Crippen LogP contribution in [0.4, 0.5) is 23.7 Å². The lowest BCUT2D eigenvalue weighted by molar-refractivity contribution is 0.116. The van der Waals surface area contributed by atoms with Gasteiger partial charge in [0, 0.05) is 30.2 Å². The van der Waals surface area contributed by atoms with Gasteiger partial charge in [-0.05, 0) is 42.3 Å². The lowest BCUT2D eigenvalue weighted by Gasteiger charge is -2.35. The highest BCUT2D eigenvalue weighted by atomic mass is 32.2. The van der Waals surface area contributed by atoms with Crippen LogP contribution in [0.15, 0.2) is 47.0 Å². The molecular formula is C23H21F3N6O4S. The van der Waals surface area contributed by atoms with Gasteiger partial charge in [-0.2, -0.15) is 13.9 Å². The van der Waals surface area contributed by atoms with Gasteiger partial charge in [-0.1, -0.05) is 6.07 Å². The second-order valence-electron chi connectivity index (χ2n) is 8.69.